The highest BCUT2D eigenvalue weighted by atomic mass is 32.1. The largest absolute Gasteiger partial charge is 0.497 e. The molecule has 0 radical (unpaired) electrons. The highest BCUT2D eigenvalue weighted by Gasteiger charge is 2.28. The van der Waals surface area contributed by atoms with Crippen molar-refractivity contribution in [3.05, 3.63) is 45.8 Å². The molecule has 0 saturated carbocycles. The molecule has 2 aromatic rings. The Bertz CT molecular complexity index is 815. The molecule has 2 heterocycles. The topological polar surface area (TPSA) is 67.9 Å². The number of ether oxygens (including phenoxy) is 2. The number of carbonyl (C=O) groups excluding carboxylic acids is 2. The van der Waals surface area contributed by atoms with Gasteiger partial charge in [0.1, 0.15) is 10.8 Å². The van der Waals surface area contributed by atoms with Crippen LogP contribution in [0.15, 0.2) is 24.3 Å². The lowest BCUT2D eigenvalue weighted by atomic mass is 10.0. The normalized spacial score (nSPS) is 13.9. The number of methoxy groups -OCH3 is 2. The second-order valence-corrected chi connectivity index (χ2v) is 6.98. The molecular formula is C18H20N2O4S. The molecular weight excluding hydrogens is 340 g/mol. The zero-order chi connectivity index (χ0) is 18.0. The fourth-order valence-corrected chi connectivity index (χ4v) is 4.19. The van der Waals surface area contributed by atoms with E-state index in [4.69, 9.17) is 9.47 Å². The van der Waals surface area contributed by atoms with Crippen molar-refractivity contribution in [1.29, 1.82) is 0 Å². The Hall–Kier alpha value is -2.38. The minimum atomic E-state index is -0.414. The zero-order valence-electron chi connectivity index (χ0n) is 14.4. The van der Waals surface area contributed by atoms with Gasteiger partial charge in [-0.25, -0.2) is 4.79 Å². The van der Waals surface area contributed by atoms with Crippen molar-refractivity contribution in [2.75, 3.05) is 33.1 Å². The Labute approximate surface area is 150 Å². The lowest BCUT2D eigenvalue weighted by molar-refractivity contribution is 0.0600. The molecule has 0 spiro atoms. The second-order valence-electron chi connectivity index (χ2n) is 5.87. The standard InChI is InChI=1S/C18H20N2O4S/c1-20-8-7-13-14(10-20)25-17(15(13)18(22)24-3)19-16(21)11-5-4-6-12(9-11)23-2/h4-6,9H,7-8,10H2,1-3H3,(H,19,21). The summed E-state index contributed by atoms with van der Waals surface area (Å²) in [5, 5.41) is 3.41. The van der Waals surface area contributed by atoms with Gasteiger partial charge in [-0.3, -0.25) is 4.79 Å². The summed E-state index contributed by atoms with van der Waals surface area (Å²) >= 11 is 1.44. The van der Waals surface area contributed by atoms with Gasteiger partial charge in [-0.05, 0) is 37.2 Å². The minimum absolute atomic E-state index is 0.281. The maximum atomic E-state index is 12.6. The van der Waals surface area contributed by atoms with Crippen LogP contribution in [0.3, 0.4) is 0 Å². The Morgan fingerprint density at radius 1 is 1.28 bits per heavy atom. The van der Waals surface area contributed by atoms with E-state index in [1.807, 2.05) is 7.05 Å². The maximum Gasteiger partial charge on any atom is 0.341 e. The molecule has 0 aliphatic carbocycles. The van der Waals surface area contributed by atoms with Crippen molar-refractivity contribution in [1.82, 2.24) is 4.90 Å². The van der Waals surface area contributed by atoms with Crippen molar-refractivity contribution in [2.45, 2.75) is 13.0 Å². The summed E-state index contributed by atoms with van der Waals surface area (Å²) in [5.74, 6) is -0.0908. The van der Waals surface area contributed by atoms with E-state index in [0.29, 0.717) is 21.9 Å². The van der Waals surface area contributed by atoms with Crippen LogP contribution < -0.4 is 10.1 Å². The highest BCUT2D eigenvalue weighted by molar-refractivity contribution is 7.17. The number of rotatable bonds is 4. The zero-order valence-corrected chi connectivity index (χ0v) is 15.2. The Morgan fingerprint density at radius 3 is 2.80 bits per heavy atom. The van der Waals surface area contributed by atoms with Crippen molar-refractivity contribution in [3.8, 4) is 5.75 Å². The number of esters is 1. The van der Waals surface area contributed by atoms with Crippen molar-refractivity contribution >= 4 is 28.2 Å². The van der Waals surface area contributed by atoms with Crippen LogP contribution in [-0.2, 0) is 17.7 Å². The van der Waals surface area contributed by atoms with E-state index in [-0.39, 0.29) is 5.91 Å². The van der Waals surface area contributed by atoms with E-state index in [1.54, 1.807) is 31.4 Å². The smallest absolute Gasteiger partial charge is 0.341 e. The molecule has 132 valence electrons. The third kappa shape index (κ3) is 3.52. The first kappa shape index (κ1) is 17.4. The number of nitrogens with one attached hydrogen (secondary N) is 1. The number of likely N-dealkylation sites (N-methyl/N-ethyl adjacent to an activating group) is 1. The third-order valence-electron chi connectivity index (χ3n) is 4.20. The average molecular weight is 360 g/mol. The number of nitrogens with zero attached hydrogens (tertiary/aromatic N) is 1. The number of thiophene rings is 1. The number of benzene rings is 1. The van der Waals surface area contributed by atoms with Gasteiger partial charge in [0.15, 0.2) is 0 Å². The minimum Gasteiger partial charge on any atom is -0.497 e. The fraction of sp³-hybridized carbons (Fsp3) is 0.333. The molecule has 1 aliphatic rings. The fourth-order valence-electron chi connectivity index (χ4n) is 2.88. The van der Waals surface area contributed by atoms with Crippen molar-refractivity contribution < 1.29 is 19.1 Å². The summed E-state index contributed by atoms with van der Waals surface area (Å²) in [4.78, 5) is 28.1. The molecule has 0 atom stereocenters. The van der Waals surface area contributed by atoms with Crippen LogP contribution in [0.4, 0.5) is 5.00 Å². The molecule has 1 N–H and O–H groups in total. The summed E-state index contributed by atoms with van der Waals surface area (Å²) in [6.45, 7) is 1.63. The predicted molar refractivity (Wildman–Crippen MR) is 96.6 cm³/mol. The van der Waals surface area contributed by atoms with E-state index < -0.39 is 5.97 Å². The van der Waals surface area contributed by atoms with Gasteiger partial charge in [0, 0.05) is 23.5 Å². The second kappa shape index (κ2) is 7.25. The van der Waals surface area contributed by atoms with Gasteiger partial charge >= 0.3 is 5.97 Å². The molecule has 6 nitrogen and oxygen atoms in total. The van der Waals surface area contributed by atoms with Gasteiger partial charge in [-0.15, -0.1) is 11.3 Å². The predicted octanol–water partition coefficient (Wildman–Crippen LogP) is 2.78. The molecule has 1 aromatic heterocycles. The molecule has 1 aliphatic heterocycles. The van der Waals surface area contributed by atoms with Crippen LogP contribution in [0.25, 0.3) is 0 Å². The van der Waals surface area contributed by atoms with Crippen LogP contribution in [0, 0.1) is 0 Å². The summed E-state index contributed by atoms with van der Waals surface area (Å²) in [6, 6.07) is 6.89. The Kier molecular flexibility index (Phi) is 5.06. The molecule has 0 bridgehead atoms. The summed E-state index contributed by atoms with van der Waals surface area (Å²) in [5.41, 5.74) is 1.93. The van der Waals surface area contributed by atoms with Crippen molar-refractivity contribution in [3.63, 3.8) is 0 Å². The first-order valence-electron chi connectivity index (χ1n) is 7.90. The van der Waals surface area contributed by atoms with Gasteiger partial charge in [0.2, 0.25) is 0 Å². The molecule has 0 fully saturated rings. The Morgan fingerprint density at radius 2 is 2.08 bits per heavy atom. The third-order valence-corrected chi connectivity index (χ3v) is 5.33. The summed E-state index contributed by atoms with van der Waals surface area (Å²) in [6.07, 6.45) is 0.766. The number of amides is 1. The lowest BCUT2D eigenvalue weighted by Gasteiger charge is -2.22. The van der Waals surface area contributed by atoms with Crippen LogP contribution in [-0.4, -0.2) is 44.6 Å². The highest BCUT2D eigenvalue weighted by Crippen LogP contribution is 2.37. The van der Waals surface area contributed by atoms with Gasteiger partial charge < -0.3 is 19.7 Å². The van der Waals surface area contributed by atoms with Crippen LogP contribution in [0.5, 0.6) is 5.75 Å². The Balaban J connectivity index is 1.93. The van der Waals surface area contributed by atoms with Crippen molar-refractivity contribution in [2.24, 2.45) is 0 Å². The van der Waals surface area contributed by atoms with E-state index in [9.17, 15) is 9.59 Å². The summed E-state index contributed by atoms with van der Waals surface area (Å²) in [7, 11) is 4.94. The van der Waals surface area contributed by atoms with Gasteiger partial charge in [0.25, 0.3) is 5.91 Å². The van der Waals surface area contributed by atoms with Crippen LogP contribution in [0.1, 0.15) is 31.2 Å². The molecule has 25 heavy (non-hydrogen) atoms. The number of anilines is 1. The molecule has 7 heteroatoms. The number of fused-ring (bicyclic) bond motifs is 1. The lowest BCUT2D eigenvalue weighted by Crippen LogP contribution is -2.26. The average Bonchev–Trinajstić information content (AvgIpc) is 2.97. The molecule has 0 unspecified atom stereocenters. The van der Waals surface area contributed by atoms with Gasteiger partial charge in [0.05, 0.1) is 19.8 Å². The number of carbonyl (C=O) groups is 2. The molecule has 1 amide bonds. The SMILES string of the molecule is COC(=O)c1c(NC(=O)c2cccc(OC)c2)sc2c1CCN(C)C2. The van der Waals surface area contributed by atoms with E-state index in [1.165, 1.54) is 18.4 Å². The molecule has 1 aromatic carbocycles. The van der Waals surface area contributed by atoms with E-state index in [2.05, 4.69) is 10.2 Å². The van der Waals surface area contributed by atoms with Gasteiger partial charge in [-0.2, -0.15) is 0 Å². The monoisotopic (exact) mass is 360 g/mol. The number of hydrogen-bond acceptors (Lipinski definition) is 6. The molecule has 3 rings (SSSR count). The maximum absolute atomic E-state index is 12.6. The quantitative estimate of drug-likeness (QED) is 0.849. The first-order chi connectivity index (χ1) is 12.0. The van der Waals surface area contributed by atoms with Crippen LogP contribution >= 0.6 is 11.3 Å². The van der Waals surface area contributed by atoms with E-state index in [0.717, 1.165) is 30.0 Å². The molecule has 0 saturated heterocycles. The first-order valence-corrected chi connectivity index (χ1v) is 8.72. The van der Waals surface area contributed by atoms with Crippen LogP contribution in [0.2, 0.25) is 0 Å². The van der Waals surface area contributed by atoms with Gasteiger partial charge in [-0.1, -0.05) is 6.07 Å². The number of hydrogen-bond donors (Lipinski definition) is 1. The summed E-state index contributed by atoms with van der Waals surface area (Å²) < 4.78 is 10.1. The van der Waals surface area contributed by atoms with E-state index >= 15 is 0 Å².